The standard InChI is InChI=1S/C25H32ClN3O3/c1-5-8-9-24(29-25(30)15-27)28-16-18(7-3)23-11-10-19(32-23)13-21-17(6-2)12-20(31-4)14-22(21)26/h7,9-12,14,16H,5-6,8,13,15,27H2,1-4H3,(H,29,30)/b18-7+,24-9-,28-16+. The lowest BCUT2D eigenvalue weighted by molar-refractivity contribution is -0.119. The SMILES string of the molecule is C\C=C(/C=N/C(=C/CCC)NC(=O)CN)c1ccc(Cc2c(Cl)cc(OC)cc2CC)o1. The third-order valence-electron chi connectivity index (χ3n) is 4.91. The molecule has 0 aliphatic carbocycles. The van der Waals surface area contributed by atoms with E-state index in [1.165, 1.54) is 0 Å². The number of hydrogen-bond donors (Lipinski definition) is 2. The number of carbonyl (C=O) groups excluding carboxylic acids is 1. The molecular weight excluding hydrogens is 426 g/mol. The first kappa shape index (κ1) is 25.4. The van der Waals surface area contributed by atoms with Gasteiger partial charge in [-0.25, -0.2) is 4.99 Å². The highest BCUT2D eigenvalue weighted by Gasteiger charge is 2.13. The Bertz CT molecular complexity index is 1010. The van der Waals surface area contributed by atoms with Crippen molar-refractivity contribution in [2.24, 2.45) is 10.7 Å². The Morgan fingerprint density at radius 1 is 1.31 bits per heavy atom. The van der Waals surface area contributed by atoms with Crippen LogP contribution in [0.25, 0.3) is 5.57 Å². The van der Waals surface area contributed by atoms with Crippen molar-refractivity contribution < 1.29 is 13.9 Å². The second kappa shape index (κ2) is 12.9. The van der Waals surface area contributed by atoms with E-state index in [9.17, 15) is 4.79 Å². The Balaban J connectivity index is 2.23. The zero-order valence-electron chi connectivity index (χ0n) is 19.2. The first-order valence-electron chi connectivity index (χ1n) is 10.8. The molecule has 2 aromatic rings. The minimum atomic E-state index is -0.282. The molecule has 1 aromatic heterocycles. The summed E-state index contributed by atoms with van der Waals surface area (Å²) in [5.41, 5.74) is 8.36. The molecule has 0 bridgehead atoms. The number of halogens is 1. The van der Waals surface area contributed by atoms with E-state index in [0.717, 1.165) is 47.5 Å². The molecule has 0 fully saturated rings. The first-order chi connectivity index (χ1) is 15.4. The molecule has 0 unspecified atom stereocenters. The van der Waals surface area contributed by atoms with Crippen molar-refractivity contribution >= 4 is 29.3 Å². The molecule has 172 valence electrons. The Morgan fingerprint density at radius 3 is 2.72 bits per heavy atom. The number of aliphatic imine (C=N–C) groups is 1. The summed E-state index contributed by atoms with van der Waals surface area (Å²) in [5, 5.41) is 3.38. The Morgan fingerprint density at radius 2 is 2.09 bits per heavy atom. The van der Waals surface area contributed by atoms with Crippen LogP contribution >= 0.6 is 11.6 Å². The lowest BCUT2D eigenvalue weighted by Crippen LogP contribution is -2.29. The van der Waals surface area contributed by atoms with Crippen molar-refractivity contribution in [3.05, 3.63) is 69.9 Å². The smallest absolute Gasteiger partial charge is 0.239 e. The number of amides is 1. The molecule has 0 spiro atoms. The van der Waals surface area contributed by atoms with E-state index in [0.29, 0.717) is 23.0 Å². The van der Waals surface area contributed by atoms with Crippen molar-refractivity contribution in [1.29, 1.82) is 0 Å². The van der Waals surface area contributed by atoms with Crippen LogP contribution in [-0.4, -0.2) is 25.8 Å². The predicted octanol–water partition coefficient (Wildman–Crippen LogP) is 5.29. The van der Waals surface area contributed by atoms with Gasteiger partial charge in [-0.2, -0.15) is 0 Å². The van der Waals surface area contributed by atoms with E-state index in [-0.39, 0.29) is 12.5 Å². The molecule has 1 heterocycles. The third kappa shape index (κ3) is 7.11. The number of nitrogens with one attached hydrogen (secondary N) is 1. The summed E-state index contributed by atoms with van der Waals surface area (Å²) in [6.45, 7) is 5.96. The molecule has 6 nitrogen and oxygen atoms in total. The molecule has 7 heteroatoms. The zero-order valence-corrected chi connectivity index (χ0v) is 20.0. The molecule has 0 saturated carbocycles. The highest BCUT2D eigenvalue weighted by atomic mass is 35.5. The molecule has 0 atom stereocenters. The van der Waals surface area contributed by atoms with Gasteiger partial charge < -0.3 is 20.2 Å². The van der Waals surface area contributed by atoms with E-state index < -0.39 is 0 Å². The quantitative estimate of drug-likeness (QED) is 0.449. The van der Waals surface area contributed by atoms with Crippen LogP contribution in [0.1, 0.15) is 56.3 Å². The maximum Gasteiger partial charge on any atom is 0.239 e. The molecule has 1 aromatic carbocycles. The molecule has 0 aliphatic rings. The molecule has 32 heavy (non-hydrogen) atoms. The highest BCUT2D eigenvalue weighted by molar-refractivity contribution is 6.31. The molecule has 0 saturated heterocycles. The number of methoxy groups -OCH3 is 1. The number of allylic oxidation sites excluding steroid dienone is 3. The van der Waals surface area contributed by atoms with Crippen LogP contribution in [0.5, 0.6) is 5.75 Å². The van der Waals surface area contributed by atoms with Gasteiger partial charge in [-0.05, 0) is 61.2 Å². The number of carbonyl (C=O) groups is 1. The van der Waals surface area contributed by atoms with Gasteiger partial charge in [-0.15, -0.1) is 0 Å². The second-order valence-corrected chi connectivity index (χ2v) is 7.58. The number of furan rings is 1. The van der Waals surface area contributed by atoms with E-state index in [4.69, 9.17) is 26.5 Å². The van der Waals surface area contributed by atoms with Crippen LogP contribution < -0.4 is 15.8 Å². The fourth-order valence-electron chi connectivity index (χ4n) is 3.13. The number of unbranched alkanes of at least 4 members (excludes halogenated alkanes) is 1. The van der Waals surface area contributed by atoms with Gasteiger partial charge in [0.1, 0.15) is 23.1 Å². The minimum absolute atomic E-state index is 0.0926. The number of nitrogens with zero attached hydrogens (tertiary/aromatic N) is 1. The van der Waals surface area contributed by atoms with Crippen molar-refractivity contribution in [2.45, 2.75) is 46.5 Å². The van der Waals surface area contributed by atoms with E-state index in [2.05, 4.69) is 24.2 Å². The van der Waals surface area contributed by atoms with Crippen LogP contribution in [0.4, 0.5) is 0 Å². The lowest BCUT2D eigenvalue weighted by atomic mass is 10.0. The van der Waals surface area contributed by atoms with Crippen LogP contribution in [0.2, 0.25) is 5.02 Å². The number of ether oxygens (including phenoxy) is 1. The van der Waals surface area contributed by atoms with Crippen molar-refractivity contribution in [3.8, 4) is 5.75 Å². The van der Waals surface area contributed by atoms with Gasteiger partial charge in [0.15, 0.2) is 0 Å². The number of hydrogen-bond acceptors (Lipinski definition) is 5. The van der Waals surface area contributed by atoms with Crippen molar-refractivity contribution in [1.82, 2.24) is 5.32 Å². The third-order valence-corrected chi connectivity index (χ3v) is 5.25. The number of aryl methyl sites for hydroxylation is 1. The Hall–Kier alpha value is -2.83. The van der Waals surface area contributed by atoms with Gasteiger partial charge in [0.2, 0.25) is 5.91 Å². The van der Waals surface area contributed by atoms with Crippen LogP contribution in [-0.2, 0) is 17.6 Å². The predicted molar refractivity (Wildman–Crippen MR) is 131 cm³/mol. The Kier molecular flexibility index (Phi) is 10.2. The fraction of sp³-hybridized carbons (Fsp3) is 0.360. The molecular formula is C25H32ClN3O3. The molecule has 0 aliphatic heterocycles. The maximum atomic E-state index is 11.7. The van der Waals surface area contributed by atoms with Gasteiger partial charge >= 0.3 is 0 Å². The minimum Gasteiger partial charge on any atom is -0.497 e. The molecule has 1 amide bonds. The molecule has 2 rings (SSSR count). The normalized spacial score (nSPS) is 12.4. The lowest BCUT2D eigenvalue weighted by Gasteiger charge is -2.11. The molecule has 3 N–H and O–H groups in total. The summed E-state index contributed by atoms with van der Waals surface area (Å²) in [4.78, 5) is 16.1. The highest BCUT2D eigenvalue weighted by Crippen LogP contribution is 2.30. The van der Waals surface area contributed by atoms with Gasteiger partial charge in [0, 0.05) is 23.2 Å². The summed E-state index contributed by atoms with van der Waals surface area (Å²) in [6.07, 6.45) is 8.63. The largest absolute Gasteiger partial charge is 0.497 e. The summed E-state index contributed by atoms with van der Waals surface area (Å²) < 4.78 is 11.4. The second-order valence-electron chi connectivity index (χ2n) is 7.18. The van der Waals surface area contributed by atoms with Crippen LogP contribution in [0.15, 0.2) is 51.6 Å². The van der Waals surface area contributed by atoms with Gasteiger partial charge in [-0.1, -0.05) is 37.9 Å². The first-order valence-corrected chi connectivity index (χ1v) is 11.2. The van der Waals surface area contributed by atoms with E-state index in [1.54, 1.807) is 13.3 Å². The van der Waals surface area contributed by atoms with E-state index >= 15 is 0 Å². The van der Waals surface area contributed by atoms with Gasteiger partial charge in [0.25, 0.3) is 0 Å². The van der Waals surface area contributed by atoms with Gasteiger partial charge in [-0.3, -0.25) is 4.79 Å². The fourth-order valence-corrected chi connectivity index (χ4v) is 3.43. The summed E-state index contributed by atoms with van der Waals surface area (Å²) in [6, 6.07) is 7.68. The van der Waals surface area contributed by atoms with Crippen LogP contribution in [0.3, 0.4) is 0 Å². The van der Waals surface area contributed by atoms with Gasteiger partial charge in [0.05, 0.1) is 13.7 Å². The topological polar surface area (TPSA) is 89.9 Å². The summed E-state index contributed by atoms with van der Waals surface area (Å²) in [5.74, 6) is 2.43. The van der Waals surface area contributed by atoms with Crippen LogP contribution in [0, 0.1) is 0 Å². The van der Waals surface area contributed by atoms with Crippen molar-refractivity contribution in [3.63, 3.8) is 0 Å². The Labute approximate surface area is 195 Å². The molecule has 0 radical (unpaired) electrons. The van der Waals surface area contributed by atoms with E-state index in [1.807, 2.05) is 43.3 Å². The monoisotopic (exact) mass is 457 g/mol. The summed E-state index contributed by atoms with van der Waals surface area (Å²) in [7, 11) is 1.63. The maximum absolute atomic E-state index is 11.7. The van der Waals surface area contributed by atoms with Crippen molar-refractivity contribution in [2.75, 3.05) is 13.7 Å². The average molecular weight is 458 g/mol. The number of nitrogens with two attached hydrogens (primary N) is 1. The number of rotatable bonds is 11. The summed E-state index contributed by atoms with van der Waals surface area (Å²) >= 11 is 6.51. The number of benzene rings is 1. The average Bonchev–Trinajstić information content (AvgIpc) is 3.26. The zero-order chi connectivity index (χ0) is 23.5.